The Morgan fingerprint density at radius 2 is 1.88 bits per heavy atom. The molecule has 0 saturated carbocycles. The first-order valence-corrected chi connectivity index (χ1v) is 10.8. The zero-order chi connectivity index (χ0) is 22.7. The molecular weight excluding hydrogens is 402 g/mol. The summed E-state index contributed by atoms with van der Waals surface area (Å²) in [5.41, 5.74) is 4.66. The van der Waals surface area contributed by atoms with E-state index in [1.165, 1.54) is 0 Å². The predicted molar refractivity (Wildman–Crippen MR) is 126 cm³/mol. The molecule has 0 spiro atoms. The zero-order valence-electron chi connectivity index (χ0n) is 18.6. The Morgan fingerprint density at radius 3 is 2.62 bits per heavy atom. The summed E-state index contributed by atoms with van der Waals surface area (Å²) in [7, 11) is 1.78. The van der Waals surface area contributed by atoms with Crippen LogP contribution in [0.25, 0.3) is 11.3 Å². The van der Waals surface area contributed by atoms with Crippen molar-refractivity contribution in [1.82, 2.24) is 15.3 Å². The highest BCUT2D eigenvalue weighted by atomic mass is 16.2. The number of carbonyl (C=O) groups excluding carboxylic acids is 2. The summed E-state index contributed by atoms with van der Waals surface area (Å²) < 4.78 is 0. The Bertz CT molecular complexity index is 1140. The van der Waals surface area contributed by atoms with Crippen molar-refractivity contribution in [1.29, 1.82) is 0 Å². The maximum absolute atomic E-state index is 12.5. The summed E-state index contributed by atoms with van der Waals surface area (Å²) in [5.74, 6) is 0.907. The van der Waals surface area contributed by atoms with Gasteiger partial charge >= 0.3 is 0 Å². The minimum absolute atomic E-state index is 0.00256. The molecule has 7 nitrogen and oxygen atoms in total. The number of amides is 2. The second kappa shape index (κ2) is 9.18. The third kappa shape index (κ3) is 4.61. The number of hydrogen-bond acceptors (Lipinski definition) is 5. The standard InChI is InChI=1S/C25H27N5O2/c1-16(2)12-13-26-24(32)17-8-10-19(11-9-17)28-25-27-15-18-14-22(31)30(3)21-7-5-4-6-20(21)23(18)29-25/h4-11,15-16H,12-14H2,1-3H3,(H,26,32)(H,27,28,29). The van der Waals surface area contributed by atoms with Crippen molar-refractivity contribution in [3.05, 3.63) is 65.9 Å². The number of fused-ring (bicyclic) bond motifs is 3. The molecule has 2 heterocycles. The topological polar surface area (TPSA) is 87.2 Å². The molecule has 0 radical (unpaired) electrons. The van der Waals surface area contributed by atoms with Gasteiger partial charge in [-0.2, -0.15) is 0 Å². The van der Waals surface area contributed by atoms with E-state index in [4.69, 9.17) is 4.98 Å². The van der Waals surface area contributed by atoms with Gasteiger partial charge in [-0.1, -0.05) is 32.0 Å². The van der Waals surface area contributed by atoms with E-state index in [0.717, 1.165) is 34.6 Å². The van der Waals surface area contributed by atoms with E-state index in [1.54, 1.807) is 30.3 Å². The number of likely N-dealkylation sites (N-methyl/N-ethyl adjacent to an activating group) is 1. The first-order valence-electron chi connectivity index (χ1n) is 10.8. The quantitative estimate of drug-likeness (QED) is 0.614. The van der Waals surface area contributed by atoms with Crippen molar-refractivity contribution in [2.45, 2.75) is 26.7 Å². The van der Waals surface area contributed by atoms with Gasteiger partial charge in [0, 0.05) is 42.2 Å². The van der Waals surface area contributed by atoms with Crippen LogP contribution in [0.4, 0.5) is 17.3 Å². The zero-order valence-corrected chi connectivity index (χ0v) is 18.6. The first-order chi connectivity index (χ1) is 15.4. The molecule has 2 N–H and O–H groups in total. The highest BCUT2D eigenvalue weighted by Gasteiger charge is 2.24. The molecule has 4 rings (SSSR count). The van der Waals surface area contributed by atoms with Crippen LogP contribution < -0.4 is 15.5 Å². The molecule has 0 atom stereocenters. The molecule has 1 aromatic heterocycles. The molecule has 164 valence electrons. The van der Waals surface area contributed by atoms with Gasteiger partial charge in [0.2, 0.25) is 11.9 Å². The van der Waals surface area contributed by atoms with Crippen LogP contribution in [0.15, 0.2) is 54.7 Å². The average molecular weight is 430 g/mol. The van der Waals surface area contributed by atoms with Crippen LogP contribution in [-0.4, -0.2) is 35.4 Å². The van der Waals surface area contributed by atoms with E-state index in [0.29, 0.717) is 24.0 Å². The van der Waals surface area contributed by atoms with Crippen molar-refractivity contribution in [3.63, 3.8) is 0 Å². The second-order valence-electron chi connectivity index (χ2n) is 8.35. The fourth-order valence-corrected chi connectivity index (χ4v) is 3.62. The number of benzene rings is 2. The molecule has 1 aliphatic heterocycles. The fourth-order valence-electron chi connectivity index (χ4n) is 3.62. The Hall–Kier alpha value is -3.74. The summed E-state index contributed by atoms with van der Waals surface area (Å²) in [4.78, 5) is 35.6. The number of nitrogens with zero attached hydrogens (tertiary/aromatic N) is 3. The fraction of sp³-hybridized carbons (Fsp3) is 0.280. The molecule has 3 aromatic rings. The lowest BCUT2D eigenvalue weighted by Crippen LogP contribution is -2.26. The molecule has 0 unspecified atom stereocenters. The number of hydrogen-bond donors (Lipinski definition) is 2. The maximum Gasteiger partial charge on any atom is 0.251 e. The summed E-state index contributed by atoms with van der Waals surface area (Å²) >= 11 is 0. The molecule has 32 heavy (non-hydrogen) atoms. The van der Waals surface area contributed by atoms with Crippen LogP contribution in [0.5, 0.6) is 0 Å². The smallest absolute Gasteiger partial charge is 0.251 e. The average Bonchev–Trinajstić information content (AvgIpc) is 2.89. The monoisotopic (exact) mass is 429 g/mol. The van der Waals surface area contributed by atoms with Gasteiger partial charge in [0.1, 0.15) is 0 Å². The van der Waals surface area contributed by atoms with Gasteiger partial charge in [0.25, 0.3) is 5.91 Å². The number of aromatic nitrogens is 2. The van der Waals surface area contributed by atoms with Crippen molar-refractivity contribution >= 4 is 29.1 Å². The molecule has 0 bridgehead atoms. The minimum atomic E-state index is -0.0797. The number of anilines is 3. The SMILES string of the molecule is CC(C)CCNC(=O)c1ccc(Nc2ncc3c(n2)-c2ccccc2N(C)C(=O)C3)cc1. The van der Waals surface area contributed by atoms with Crippen LogP contribution in [0, 0.1) is 5.92 Å². The predicted octanol–water partition coefficient (Wildman–Crippen LogP) is 4.18. The molecule has 0 saturated heterocycles. The number of para-hydroxylation sites is 1. The summed E-state index contributed by atoms with van der Waals surface area (Å²) in [6.07, 6.45) is 2.90. The largest absolute Gasteiger partial charge is 0.352 e. The van der Waals surface area contributed by atoms with Crippen LogP contribution in [0.1, 0.15) is 36.2 Å². The van der Waals surface area contributed by atoms with Crippen molar-refractivity contribution in [2.24, 2.45) is 5.92 Å². The van der Waals surface area contributed by atoms with Crippen molar-refractivity contribution in [2.75, 3.05) is 23.8 Å². The van der Waals surface area contributed by atoms with Gasteiger partial charge in [-0.15, -0.1) is 0 Å². The van der Waals surface area contributed by atoms with E-state index < -0.39 is 0 Å². The van der Waals surface area contributed by atoms with Crippen LogP contribution in [-0.2, 0) is 11.2 Å². The number of carbonyl (C=O) groups is 2. The molecular formula is C25H27N5O2. The summed E-state index contributed by atoms with van der Waals surface area (Å²) in [6.45, 7) is 4.93. The molecule has 2 amide bonds. The van der Waals surface area contributed by atoms with E-state index in [-0.39, 0.29) is 18.2 Å². The normalized spacial score (nSPS) is 12.8. The Labute approximate surface area is 187 Å². The lowest BCUT2D eigenvalue weighted by Gasteiger charge is -2.16. The van der Waals surface area contributed by atoms with Gasteiger partial charge in [0.15, 0.2) is 0 Å². The highest BCUT2D eigenvalue weighted by molar-refractivity contribution is 6.01. The Balaban J connectivity index is 1.53. The van der Waals surface area contributed by atoms with Crippen LogP contribution in [0.2, 0.25) is 0 Å². The van der Waals surface area contributed by atoms with Crippen molar-refractivity contribution in [3.8, 4) is 11.3 Å². The third-order valence-electron chi connectivity index (χ3n) is 5.51. The molecule has 0 fully saturated rings. The summed E-state index contributed by atoms with van der Waals surface area (Å²) in [6, 6.07) is 14.9. The number of nitrogens with one attached hydrogen (secondary N) is 2. The molecule has 2 aromatic carbocycles. The van der Waals surface area contributed by atoms with Gasteiger partial charge < -0.3 is 15.5 Å². The first kappa shape index (κ1) is 21.5. The highest BCUT2D eigenvalue weighted by Crippen LogP contribution is 2.35. The van der Waals surface area contributed by atoms with E-state index in [2.05, 4.69) is 29.5 Å². The lowest BCUT2D eigenvalue weighted by atomic mass is 10.1. The lowest BCUT2D eigenvalue weighted by molar-refractivity contribution is -0.117. The van der Waals surface area contributed by atoms with E-state index >= 15 is 0 Å². The van der Waals surface area contributed by atoms with Gasteiger partial charge in [-0.05, 0) is 42.7 Å². The van der Waals surface area contributed by atoms with Crippen LogP contribution in [0.3, 0.4) is 0 Å². The molecule has 0 aliphatic carbocycles. The van der Waals surface area contributed by atoms with Crippen LogP contribution >= 0.6 is 0 Å². The van der Waals surface area contributed by atoms with Gasteiger partial charge in [-0.3, -0.25) is 9.59 Å². The van der Waals surface area contributed by atoms with Gasteiger partial charge in [0.05, 0.1) is 17.8 Å². The van der Waals surface area contributed by atoms with Gasteiger partial charge in [-0.25, -0.2) is 9.97 Å². The molecule has 1 aliphatic rings. The minimum Gasteiger partial charge on any atom is -0.352 e. The second-order valence-corrected chi connectivity index (χ2v) is 8.35. The Morgan fingerprint density at radius 1 is 1.12 bits per heavy atom. The third-order valence-corrected chi connectivity index (χ3v) is 5.51. The maximum atomic E-state index is 12.5. The Kier molecular flexibility index (Phi) is 6.16. The number of rotatable bonds is 6. The summed E-state index contributed by atoms with van der Waals surface area (Å²) in [5, 5.41) is 6.14. The van der Waals surface area contributed by atoms with E-state index in [1.807, 2.05) is 36.4 Å². The van der Waals surface area contributed by atoms with E-state index in [9.17, 15) is 9.59 Å². The van der Waals surface area contributed by atoms with Crippen molar-refractivity contribution < 1.29 is 9.59 Å². The molecule has 7 heteroatoms.